The van der Waals surface area contributed by atoms with Gasteiger partial charge in [0.1, 0.15) is 5.76 Å². The topological polar surface area (TPSA) is 62.6 Å². The van der Waals surface area contributed by atoms with E-state index in [0.29, 0.717) is 19.1 Å². The van der Waals surface area contributed by atoms with E-state index >= 15 is 0 Å². The molecule has 1 aromatic heterocycles. The summed E-state index contributed by atoms with van der Waals surface area (Å²) in [6.07, 6.45) is 4.27. The SMILES string of the molecule is CC1CS(=O)(=O)CCN1Cc1occc1CNC1CC1. The van der Waals surface area contributed by atoms with Crippen molar-refractivity contribution in [1.29, 1.82) is 0 Å². The van der Waals surface area contributed by atoms with Crippen molar-refractivity contribution in [3.8, 4) is 0 Å². The second-order valence-electron chi connectivity index (χ2n) is 5.96. The molecule has 1 saturated carbocycles. The number of nitrogens with zero attached hydrogens (tertiary/aromatic N) is 1. The fourth-order valence-electron chi connectivity index (χ4n) is 2.66. The first-order valence-corrected chi connectivity index (χ1v) is 9.09. The fraction of sp³-hybridized carbons (Fsp3) is 0.714. The average Bonchev–Trinajstić information content (AvgIpc) is 3.10. The smallest absolute Gasteiger partial charge is 0.153 e. The van der Waals surface area contributed by atoms with Gasteiger partial charge in [0, 0.05) is 30.7 Å². The van der Waals surface area contributed by atoms with Gasteiger partial charge in [0.15, 0.2) is 9.84 Å². The van der Waals surface area contributed by atoms with Gasteiger partial charge in [-0.25, -0.2) is 8.42 Å². The van der Waals surface area contributed by atoms with Gasteiger partial charge in [-0.3, -0.25) is 4.90 Å². The highest BCUT2D eigenvalue weighted by molar-refractivity contribution is 7.91. The summed E-state index contributed by atoms with van der Waals surface area (Å²) in [5.41, 5.74) is 1.19. The Kier molecular flexibility index (Phi) is 3.88. The molecule has 3 rings (SSSR count). The van der Waals surface area contributed by atoms with Crippen molar-refractivity contribution in [2.24, 2.45) is 0 Å². The lowest BCUT2D eigenvalue weighted by Gasteiger charge is -2.32. The lowest BCUT2D eigenvalue weighted by Crippen LogP contribution is -2.46. The Morgan fingerprint density at radius 2 is 2.25 bits per heavy atom. The molecule has 1 saturated heterocycles. The van der Waals surface area contributed by atoms with Crippen LogP contribution in [0.5, 0.6) is 0 Å². The summed E-state index contributed by atoms with van der Waals surface area (Å²) in [5.74, 6) is 1.47. The molecule has 1 N–H and O–H groups in total. The molecule has 1 atom stereocenters. The Bertz CT molecular complexity index is 563. The molecule has 1 unspecified atom stereocenters. The lowest BCUT2D eigenvalue weighted by molar-refractivity contribution is 0.200. The molecule has 0 radical (unpaired) electrons. The van der Waals surface area contributed by atoms with Crippen molar-refractivity contribution in [3.05, 3.63) is 23.7 Å². The fourth-order valence-corrected chi connectivity index (χ4v) is 4.28. The summed E-state index contributed by atoms with van der Waals surface area (Å²) in [7, 11) is -2.85. The molecule has 5 nitrogen and oxygen atoms in total. The van der Waals surface area contributed by atoms with Crippen LogP contribution in [0.3, 0.4) is 0 Å². The summed E-state index contributed by atoms with van der Waals surface area (Å²) < 4.78 is 28.8. The van der Waals surface area contributed by atoms with E-state index < -0.39 is 9.84 Å². The predicted molar refractivity (Wildman–Crippen MR) is 77.1 cm³/mol. The number of furan rings is 1. The molecule has 0 bridgehead atoms. The molecule has 112 valence electrons. The Morgan fingerprint density at radius 1 is 1.45 bits per heavy atom. The maximum atomic E-state index is 11.6. The first-order chi connectivity index (χ1) is 9.53. The minimum atomic E-state index is -2.85. The third-order valence-corrected chi connectivity index (χ3v) is 5.95. The first-order valence-electron chi connectivity index (χ1n) is 7.26. The standard InChI is InChI=1S/C14H22N2O3S/c1-11-10-20(17,18)7-5-16(11)9-14-12(4-6-19-14)8-15-13-2-3-13/h4,6,11,13,15H,2-3,5,7-10H2,1H3. The minimum absolute atomic E-state index is 0.0584. The van der Waals surface area contributed by atoms with E-state index in [1.807, 2.05) is 13.0 Å². The number of rotatable bonds is 5. The van der Waals surface area contributed by atoms with Crippen molar-refractivity contribution >= 4 is 9.84 Å². The summed E-state index contributed by atoms with van der Waals surface area (Å²) in [4.78, 5) is 2.19. The van der Waals surface area contributed by atoms with Crippen LogP contribution in [-0.2, 0) is 22.9 Å². The van der Waals surface area contributed by atoms with Gasteiger partial charge in [-0.2, -0.15) is 0 Å². The van der Waals surface area contributed by atoms with E-state index in [0.717, 1.165) is 12.3 Å². The predicted octanol–water partition coefficient (Wildman–Crippen LogP) is 1.15. The van der Waals surface area contributed by atoms with Gasteiger partial charge in [-0.1, -0.05) is 0 Å². The molecular formula is C14H22N2O3S. The highest BCUT2D eigenvalue weighted by Gasteiger charge is 2.29. The molecule has 2 fully saturated rings. The first kappa shape index (κ1) is 14.1. The molecule has 0 amide bonds. The normalized spacial score (nSPS) is 26.8. The quantitative estimate of drug-likeness (QED) is 0.883. The van der Waals surface area contributed by atoms with Crippen LogP contribution in [0.4, 0.5) is 0 Å². The molecule has 2 heterocycles. The van der Waals surface area contributed by atoms with Gasteiger partial charge in [-0.05, 0) is 25.8 Å². The van der Waals surface area contributed by atoms with Gasteiger partial charge >= 0.3 is 0 Å². The van der Waals surface area contributed by atoms with Gasteiger partial charge in [-0.15, -0.1) is 0 Å². The summed E-state index contributed by atoms with van der Waals surface area (Å²) >= 11 is 0. The molecule has 20 heavy (non-hydrogen) atoms. The zero-order valence-electron chi connectivity index (χ0n) is 11.8. The van der Waals surface area contributed by atoms with Crippen LogP contribution < -0.4 is 5.32 Å². The minimum Gasteiger partial charge on any atom is -0.468 e. The third kappa shape index (κ3) is 3.42. The number of hydrogen-bond acceptors (Lipinski definition) is 5. The monoisotopic (exact) mass is 298 g/mol. The van der Waals surface area contributed by atoms with Crippen LogP contribution in [0.1, 0.15) is 31.1 Å². The molecule has 6 heteroatoms. The van der Waals surface area contributed by atoms with E-state index in [-0.39, 0.29) is 17.5 Å². The highest BCUT2D eigenvalue weighted by atomic mass is 32.2. The third-order valence-electron chi connectivity index (χ3n) is 4.15. The number of hydrogen-bond donors (Lipinski definition) is 1. The van der Waals surface area contributed by atoms with Crippen LogP contribution in [0, 0.1) is 0 Å². The zero-order valence-corrected chi connectivity index (χ0v) is 12.7. The van der Waals surface area contributed by atoms with E-state index in [2.05, 4.69) is 10.2 Å². The van der Waals surface area contributed by atoms with Crippen molar-refractivity contribution in [2.75, 3.05) is 18.1 Å². The largest absolute Gasteiger partial charge is 0.468 e. The van der Waals surface area contributed by atoms with Gasteiger partial charge in [0.2, 0.25) is 0 Å². The van der Waals surface area contributed by atoms with Crippen molar-refractivity contribution < 1.29 is 12.8 Å². The Hall–Kier alpha value is -0.850. The Labute approximate surface area is 120 Å². The second kappa shape index (κ2) is 5.50. The Morgan fingerprint density at radius 3 is 2.95 bits per heavy atom. The van der Waals surface area contributed by atoms with Crippen LogP contribution in [0.2, 0.25) is 0 Å². The van der Waals surface area contributed by atoms with Crippen molar-refractivity contribution in [2.45, 2.75) is 44.9 Å². The summed E-state index contributed by atoms with van der Waals surface area (Å²) in [5, 5.41) is 3.49. The maximum Gasteiger partial charge on any atom is 0.153 e. The van der Waals surface area contributed by atoms with Crippen LogP contribution in [-0.4, -0.2) is 43.5 Å². The Balaban J connectivity index is 1.61. The number of sulfone groups is 1. The van der Waals surface area contributed by atoms with Crippen LogP contribution in [0.25, 0.3) is 0 Å². The molecule has 0 aromatic carbocycles. The van der Waals surface area contributed by atoms with E-state index in [1.165, 1.54) is 18.4 Å². The van der Waals surface area contributed by atoms with E-state index in [9.17, 15) is 8.42 Å². The average molecular weight is 298 g/mol. The summed E-state index contributed by atoms with van der Waals surface area (Å²) in [6, 6.07) is 2.75. The van der Waals surface area contributed by atoms with E-state index in [1.54, 1.807) is 6.26 Å². The summed E-state index contributed by atoms with van der Waals surface area (Å²) in [6.45, 7) is 4.11. The molecule has 0 spiro atoms. The van der Waals surface area contributed by atoms with Gasteiger partial charge in [0.05, 0.1) is 24.3 Å². The molecule has 1 aliphatic heterocycles. The molecular weight excluding hydrogens is 276 g/mol. The van der Waals surface area contributed by atoms with Crippen LogP contribution >= 0.6 is 0 Å². The van der Waals surface area contributed by atoms with Gasteiger partial charge < -0.3 is 9.73 Å². The molecule has 1 aliphatic carbocycles. The highest BCUT2D eigenvalue weighted by Crippen LogP contribution is 2.22. The van der Waals surface area contributed by atoms with Gasteiger partial charge in [0.25, 0.3) is 0 Å². The van der Waals surface area contributed by atoms with E-state index in [4.69, 9.17) is 4.42 Å². The van der Waals surface area contributed by atoms with Crippen molar-refractivity contribution in [1.82, 2.24) is 10.2 Å². The maximum absolute atomic E-state index is 11.6. The molecule has 2 aliphatic rings. The van der Waals surface area contributed by atoms with Crippen molar-refractivity contribution in [3.63, 3.8) is 0 Å². The lowest BCUT2D eigenvalue weighted by atomic mass is 10.2. The second-order valence-corrected chi connectivity index (χ2v) is 8.19. The molecule has 1 aromatic rings. The zero-order chi connectivity index (χ0) is 14.2. The number of nitrogens with one attached hydrogen (secondary N) is 1. The van der Waals surface area contributed by atoms with Crippen LogP contribution in [0.15, 0.2) is 16.7 Å².